The minimum Gasteiger partial charge on any atom is -0.480 e. The van der Waals surface area contributed by atoms with E-state index in [2.05, 4.69) is 25.6 Å². The number of rotatable bonds is 7. The van der Waals surface area contributed by atoms with Gasteiger partial charge in [0.15, 0.2) is 11.5 Å². The summed E-state index contributed by atoms with van der Waals surface area (Å²) in [6.07, 6.45) is -2.70. The Hall–Kier alpha value is -4.55. The molecule has 0 aliphatic carbocycles. The van der Waals surface area contributed by atoms with Crippen molar-refractivity contribution in [1.82, 2.24) is 30.3 Å². The molecule has 0 spiro atoms. The molecule has 0 aliphatic heterocycles. The number of hydrogen-bond acceptors (Lipinski definition) is 7. The summed E-state index contributed by atoms with van der Waals surface area (Å²) in [5.74, 6) is -1.07. The second-order valence-corrected chi connectivity index (χ2v) is 6.99. The number of methoxy groups -OCH3 is 1. The van der Waals surface area contributed by atoms with Gasteiger partial charge in [-0.25, -0.2) is 14.1 Å². The average molecular weight is 488 g/mol. The summed E-state index contributed by atoms with van der Waals surface area (Å²) in [6, 6.07) is 10.9. The van der Waals surface area contributed by atoms with Gasteiger partial charge in [0.1, 0.15) is 11.6 Å². The molecule has 0 aliphatic rings. The number of carbonyl (C=O) groups is 1. The number of amides is 1. The van der Waals surface area contributed by atoms with Crippen molar-refractivity contribution in [2.24, 2.45) is 0 Å². The van der Waals surface area contributed by atoms with Gasteiger partial charge in [-0.1, -0.05) is 0 Å². The molecule has 1 N–H and O–H groups in total. The van der Waals surface area contributed by atoms with Crippen molar-refractivity contribution in [2.75, 3.05) is 7.11 Å². The van der Waals surface area contributed by atoms with E-state index in [9.17, 15) is 22.4 Å². The lowest BCUT2D eigenvalue weighted by Crippen LogP contribution is -2.26. The van der Waals surface area contributed by atoms with Crippen LogP contribution in [0.5, 0.6) is 17.5 Å². The molecule has 4 rings (SSSR count). The quantitative estimate of drug-likeness (QED) is 0.393. The van der Waals surface area contributed by atoms with Crippen molar-refractivity contribution in [3.63, 3.8) is 0 Å². The maximum atomic E-state index is 13.8. The summed E-state index contributed by atoms with van der Waals surface area (Å²) in [5.41, 5.74) is -1.48. The Kier molecular flexibility index (Phi) is 6.57. The van der Waals surface area contributed by atoms with Gasteiger partial charge in [0.05, 0.1) is 18.9 Å². The van der Waals surface area contributed by atoms with E-state index < -0.39 is 29.2 Å². The number of pyridine rings is 1. The van der Waals surface area contributed by atoms with E-state index in [1.165, 1.54) is 55.8 Å². The zero-order valence-electron chi connectivity index (χ0n) is 18.0. The summed E-state index contributed by atoms with van der Waals surface area (Å²) in [4.78, 5) is 16.7. The maximum Gasteiger partial charge on any atom is 0.434 e. The molecule has 0 saturated heterocycles. The topological polar surface area (TPSA) is 104 Å². The van der Waals surface area contributed by atoms with E-state index in [-0.39, 0.29) is 24.1 Å². The molecule has 1 amide bonds. The van der Waals surface area contributed by atoms with E-state index in [1.54, 1.807) is 6.07 Å². The number of nitrogens with one attached hydrogen (secondary N) is 1. The zero-order chi connectivity index (χ0) is 25.0. The Labute approximate surface area is 195 Å². The molecule has 3 heterocycles. The number of hydrogen-bond donors (Lipinski definition) is 1. The number of ether oxygens (including phenoxy) is 2. The summed E-state index contributed by atoms with van der Waals surface area (Å²) in [7, 11) is 1.34. The first-order valence-corrected chi connectivity index (χ1v) is 9.94. The number of benzene rings is 1. The summed E-state index contributed by atoms with van der Waals surface area (Å²) in [5, 5.41) is 13.4. The molecule has 0 unspecified atom stereocenters. The molecule has 3 aromatic heterocycles. The molecule has 9 nitrogen and oxygen atoms in total. The monoisotopic (exact) mass is 488 g/mol. The Morgan fingerprint density at radius 1 is 1.06 bits per heavy atom. The van der Waals surface area contributed by atoms with Crippen molar-refractivity contribution in [3.8, 4) is 23.3 Å². The highest BCUT2D eigenvalue weighted by Gasteiger charge is 2.41. The van der Waals surface area contributed by atoms with Crippen LogP contribution in [0.4, 0.5) is 17.6 Å². The molecule has 4 aromatic rings. The molecular weight excluding hydrogens is 472 g/mol. The predicted octanol–water partition coefficient (Wildman–Crippen LogP) is 3.95. The summed E-state index contributed by atoms with van der Waals surface area (Å²) < 4.78 is 65.4. The number of aromatic nitrogens is 5. The third-order valence-electron chi connectivity index (χ3n) is 4.62. The van der Waals surface area contributed by atoms with Crippen LogP contribution in [-0.4, -0.2) is 38.0 Å². The standard InChI is InChI=1S/C22H16F4N6O3/c1-34-18-7-6-17(30-31-18)32-20(22(24,25)26)16(12-29-32)21(33)28-11-13-8-9-27-19(10-13)35-15-4-2-14(23)3-5-15/h2-10,12H,11H2,1H3,(H,28,33). The van der Waals surface area contributed by atoms with Crippen LogP contribution >= 0.6 is 0 Å². The van der Waals surface area contributed by atoms with Crippen LogP contribution in [0.25, 0.3) is 5.82 Å². The van der Waals surface area contributed by atoms with E-state index in [0.29, 0.717) is 16.0 Å². The number of halogens is 4. The van der Waals surface area contributed by atoms with E-state index in [1.807, 2.05) is 0 Å². The smallest absolute Gasteiger partial charge is 0.434 e. The second-order valence-electron chi connectivity index (χ2n) is 6.99. The van der Waals surface area contributed by atoms with Crippen LogP contribution < -0.4 is 14.8 Å². The fraction of sp³-hybridized carbons (Fsp3) is 0.136. The minimum absolute atomic E-state index is 0.104. The molecule has 35 heavy (non-hydrogen) atoms. The molecule has 0 radical (unpaired) electrons. The molecule has 1 aromatic carbocycles. The Balaban J connectivity index is 1.51. The first-order chi connectivity index (χ1) is 16.7. The molecule has 0 fully saturated rings. The van der Waals surface area contributed by atoms with Crippen molar-refractivity contribution in [2.45, 2.75) is 12.7 Å². The van der Waals surface area contributed by atoms with Gasteiger partial charge in [0.2, 0.25) is 11.8 Å². The van der Waals surface area contributed by atoms with Crippen molar-refractivity contribution >= 4 is 5.91 Å². The van der Waals surface area contributed by atoms with Gasteiger partial charge in [-0.2, -0.15) is 18.3 Å². The normalized spacial score (nSPS) is 11.2. The van der Waals surface area contributed by atoms with E-state index >= 15 is 0 Å². The summed E-state index contributed by atoms with van der Waals surface area (Å²) in [6.45, 7) is -0.119. The van der Waals surface area contributed by atoms with Gasteiger partial charge in [0.25, 0.3) is 5.91 Å². The lowest BCUT2D eigenvalue weighted by molar-refractivity contribution is -0.143. The molecule has 180 valence electrons. The van der Waals surface area contributed by atoms with Gasteiger partial charge in [-0.05, 0) is 42.0 Å². The Bertz CT molecular complexity index is 1320. The van der Waals surface area contributed by atoms with E-state index in [0.717, 1.165) is 6.20 Å². The highest BCUT2D eigenvalue weighted by atomic mass is 19.4. The molecule has 0 saturated carbocycles. The second kappa shape index (κ2) is 9.75. The third kappa shape index (κ3) is 5.51. The zero-order valence-corrected chi connectivity index (χ0v) is 18.0. The predicted molar refractivity (Wildman–Crippen MR) is 113 cm³/mol. The van der Waals surface area contributed by atoms with Gasteiger partial charge in [-0.3, -0.25) is 4.79 Å². The first kappa shape index (κ1) is 23.6. The van der Waals surface area contributed by atoms with Crippen LogP contribution in [0, 0.1) is 5.82 Å². The van der Waals surface area contributed by atoms with Crippen LogP contribution in [-0.2, 0) is 12.7 Å². The van der Waals surface area contributed by atoms with Gasteiger partial charge < -0.3 is 14.8 Å². The number of carbonyl (C=O) groups excluding carboxylic acids is 1. The molecule has 13 heteroatoms. The van der Waals surface area contributed by atoms with Crippen molar-refractivity contribution in [1.29, 1.82) is 0 Å². The molecule has 0 atom stereocenters. The fourth-order valence-electron chi connectivity index (χ4n) is 3.01. The van der Waals surface area contributed by atoms with Crippen molar-refractivity contribution in [3.05, 3.63) is 83.6 Å². The van der Waals surface area contributed by atoms with Gasteiger partial charge in [-0.15, -0.1) is 10.2 Å². The van der Waals surface area contributed by atoms with Crippen LogP contribution in [0.3, 0.4) is 0 Å². The Morgan fingerprint density at radius 2 is 1.83 bits per heavy atom. The molecule has 0 bridgehead atoms. The van der Waals surface area contributed by atoms with Crippen molar-refractivity contribution < 1.29 is 31.8 Å². The Morgan fingerprint density at radius 3 is 2.49 bits per heavy atom. The lowest BCUT2D eigenvalue weighted by Gasteiger charge is -2.12. The number of alkyl halides is 3. The first-order valence-electron chi connectivity index (χ1n) is 9.94. The number of nitrogens with zero attached hydrogens (tertiary/aromatic N) is 5. The average Bonchev–Trinajstić information content (AvgIpc) is 3.30. The molecular formula is C22H16F4N6O3. The SMILES string of the molecule is COc1ccc(-n2ncc(C(=O)NCc3ccnc(Oc4ccc(F)cc4)c3)c2C(F)(F)F)nn1. The van der Waals surface area contributed by atoms with Gasteiger partial charge >= 0.3 is 6.18 Å². The highest BCUT2D eigenvalue weighted by molar-refractivity contribution is 5.95. The van der Waals surface area contributed by atoms with Gasteiger partial charge in [0, 0.05) is 24.9 Å². The lowest BCUT2D eigenvalue weighted by atomic mass is 10.2. The van der Waals surface area contributed by atoms with E-state index in [4.69, 9.17) is 9.47 Å². The van der Waals surface area contributed by atoms with Crippen LogP contribution in [0.2, 0.25) is 0 Å². The third-order valence-corrected chi connectivity index (χ3v) is 4.62. The minimum atomic E-state index is -4.91. The highest BCUT2D eigenvalue weighted by Crippen LogP contribution is 2.33. The fourth-order valence-corrected chi connectivity index (χ4v) is 3.01. The van der Waals surface area contributed by atoms with Crippen LogP contribution in [0.15, 0.2) is 60.9 Å². The largest absolute Gasteiger partial charge is 0.480 e. The summed E-state index contributed by atoms with van der Waals surface area (Å²) >= 11 is 0. The maximum absolute atomic E-state index is 13.8. The van der Waals surface area contributed by atoms with Crippen LogP contribution in [0.1, 0.15) is 21.6 Å².